The molecule has 1 saturated heterocycles. The minimum Gasteiger partial charge on any atom is -0.465 e. The summed E-state index contributed by atoms with van der Waals surface area (Å²) in [7, 11) is 0. The molecule has 1 heterocycles. The molecule has 0 spiro atoms. The van der Waals surface area contributed by atoms with Crippen LogP contribution in [0.5, 0.6) is 0 Å². The van der Waals surface area contributed by atoms with Gasteiger partial charge in [-0.15, -0.1) is 6.58 Å². The Hall–Kier alpha value is -1.76. The largest absolute Gasteiger partial charge is 0.465 e. The first-order chi connectivity index (χ1) is 9.70. The molecule has 7 nitrogen and oxygen atoms in total. The molecular formula is C14H25N3O4. The molecule has 0 aliphatic carbocycles. The number of nitrogens with zero attached hydrogens (tertiary/aromatic N) is 1. The minimum atomic E-state index is -0.996. The summed E-state index contributed by atoms with van der Waals surface area (Å²) in [6.07, 6.45) is 0.563. The van der Waals surface area contributed by atoms with E-state index in [1.54, 1.807) is 26.8 Å². The molecule has 0 bridgehead atoms. The first kappa shape index (κ1) is 17.3. The van der Waals surface area contributed by atoms with Gasteiger partial charge in [0.15, 0.2) is 0 Å². The predicted molar refractivity (Wildman–Crippen MR) is 79.4 cm³/mol. The Morgan fingerprint density at radius 2 is 2.19 bits per heavy atom. The van der Waals surface area contributed by atoms with Crippen molar-refractivity contribution in [2.75, 3.05) is 26.2 Å². The Kier molecular flexibility index (Phi) is 5.60. The molecule has 1 unspecified atom stereocenters. The van der Waals surface area contributed by atoms with Gasteiger partial charge < -0.3 is 20.5 Å². The third-order valence-electron chi connectivity index (χ3n) is 3.25. The van der Waals surface area contributed by atoms with E-state index < -0.39 is 23.3 Å². The van der Waals surface area contributed by atoms with Gasteiger partial charge in [0.2, 0.25) is 0 Å². The summed E-state index contributed by atoms with van der Waals surface area (Å²) in [5.74, 6) is 0. The fourth-order valence-electron chi connectivity index (χ4n) is 2.38. The average Bonchev–Trinajstić information content (AvgIpc) is 2.35. The molecule has 1 aliphatic rings. The maximum atomic E-state index is 11.8. The topological polar surface area (TPSA) is 90.9 Å². The number of ether oxygens (including phenoxy) is 1. The van der Waals surface area contributed by atoms with Gasteiger partial charge in [-0.05, 0) is 27.2 Å². The van der Waals surface area contributed by atoms with Crippen LogP contribution in [0, 0.1) is 0 Å². The maximum absolute atomic E-state index is 11.8. The van der Waals surface area contributed by atoms with E-state index in [0.717, 1.165) is 0 Å². The fourth-order valence-corrected chi connectivity index (χ4v) is 2.38. The Bertz CT molecular complexity index is 406. The van der Waals surface area contributed by atoms with Crippen LogP contribution in [0.25, 0.3) is 0 Å². The standard InChI is InChI=1S/C14H25N3O4/c1-5-6-14(9-15-7-8-17(14)12(19)20)10-16-11(18)21-13(2,3)4/h5,15H,1,6-10H2,2-4H3,(H,16,18)(H,19,20). The van der Waals surface area contributed by atoms with Gasteiger partial charge in [-0.25, -0.2) is 9.59 Å². The van der Waals surface area contributed by atoms with Crippen LogP contribution in [0.15, 0.2) is 12.7 Å². The van der Waals surface area contributed by atoms with Gasteiger partial charge in [0, 0.05) is 26.2 Å². The van der Waals surface area contributed by atoms with Gasteiger partial charge in [0.25, 0.3) is 0 Å². The van der Waals surface area contributed by atoms with Crippen LogP contribution in [0.3, 0.4) is 0 Å². The van der Waals surface area contributed by atoms with Crippen LogP contribution < -0.4 is 10.6 Å². The summed E-state index contributed by atoms with van der Waals surface area (Å²) >= 11 is 0. The highest BCUT2D eigenvalue weighted by atomic mass is 16.6. The summed E-state index contributed by atoms with van der Waals surface area (Å²) in [6.45, 7) is 10.6. The van der Waals surface area contributed by atoms with Crippen LogP contribution >= 0.6 is 0 Å². The van der Waals surface area contributed by atoms with Crippen LogP contribution in [0.2, 0.25) is 0 Å². The molecule has 3 N–H and O–H groups in total. The molecule has 1 atom stereocenters. The molecule has 0 aromatic carbocycles. The van der Waals surface area contributed by atoms with E-state index in [4.69, 9.17) is 4.74 Å². The van der Waals surface area contributed by atoms with Crippen molar-refractivity contribution < 1.29 is 19.4 Å². The number of hydrogen-bond donors (Lipinski definition) is 3. The lowest BCUT2D eigenvalue weighted by Crippen LogP contribution is -2.66. The molecule has 1 rings (SSSR count). The lowest BCUT2D eigenvalue weighted by atomic mass is 9.91. The van der Waals surface area contributed by atoms with E-state index in [0.29, 0.717) is 26.1 Å². The number of nitrogens with one attached hydrogen (secondary N) is 2. The fraction of sp³-hybridized carbons (Fsp3) is 0.714. The van der Waals surface area contributed by atoms with Crippen LogP contribution in [-0.2, 0) is 4.74 Å². The van der Waals surface area contributed by atoms with Crippen molar-refractivity contribution in [3.05, 3.63) is 12.7 Å². The second kappa shape index (κ2) is 6.80. The van der Waals surface area contributed by atoms with Gasteiger partial charge in [-0.1, -0.05) is 6.08 Å². The van der Waals surface area contributed by atoms with Gasteiger partial charge in [0.05, 0.1) is 5.54 Å². The van der Waals surface area contributed by atoms with Crippen molar-refractivity contribution in [2.45, 2.75) is 38.3 Å². The molecule has 0 aromatic rings. The highest BCUT2D eigenvalue weighted by Crippen LogP contribution is 2.22. The molecule has 0 radical (unpaired) electrons. The van der Waals surface area contributed by atoms with Crippen molar-refractivity contribution in [3.8, 4) is 0 Å². The van der Waals surface area contributed by atoms with Gasteiger partial charge >= 0.3 is 12.2 Å². The molecule has 120 valence electrons. The molecule has 1 fully saturated rings. The number of alkyl carbamates (subject to hydrolysis) is 1. The molecule has 0 aromatic heterocycles. The first-order valence-electron chi connectivity index (χ1n) is 6.99. The van der Waals surface area contributed by atoms with E-state index in [1.165, 1.54) is 4.90 Å². The molecule has 2 amide bonds. The van der Waals surface area contributed by atoms with E-state index >= 15 is 0 Å². The normalized spacial score (nSPS) is 22.5. The van der Waals surface area contributed by atoms with Gasteiger partial charge in [-0.3, -0.25) is 4.90 Å². The minimum absolute atomic E-state index is 0.174. The average molecular weight is 299 g/mol. The van der Waals surface area contributed by atoms with Crippen molar-refractivity contribution in [2.24, 2.45) is 0 Å². The van der Waals surface area contributed by atoms with Crippen LogP contribution in [0.1, 0.15) is 27.2 Å². The summed E-state index contributed by atoms with van der Waals surface area (Å²) in [5, 5.41) is 15.2. The Morgan fingerprint density at radius 3 is 2.71 bits per heavy atom. The van der Waals surface area contributed by atoms with Crippen LogP contribution in [0.4, 0.5) is 9.59 Å². The number of amides is 2. The summed E-state index contributed by atoms with van der Waals surface area (Å²) < 4.78 is 5.19. The number of carbonyl (C=O) groups excluding carboxylic acids is 1. The van der Waals surface area contributed by atoms with Crippen molar-refractivity contribution in [1.29, 1.82) is 0 Å². The SMILES string of the molecule is C=CCC1(CNC(=O)OC(C)(C)C)CNCCN1C(=O)O. The quantitative estimate of drug-likeness (QED) is 0.683. The second-order valence-electron chi connectivity index (χ2n) is 6.18. The summed E-state index contributed by atoms with van der Waals surface area (Å²) in [5.41, 5.74) is -1.32. The lowest BCUT2D eigenvalue weighted by molar-refractivity contribution is 0.0368. The third kappa shape index (κ3) is 4.93. The van der Waals surface area contributed by atoms with Crippen LogP contribution in [-0.4, -0.2) is 59.5 Å². The van der Waals surface area contributed by atoms with E-state index in [-0.39, 0.29) is 6.54 Å². The third-order valence-corrected chi connectivity index (χ3v) is 3.25. The highest BCUT2D eigenvalue weighted by molar-refractivity contribution is 5.69. The molecule has 7 heteroatoms. The summed E-state index contributed by atoms with van der Waals surface area (Å²) in [4.78, 5) is 24.6. The smallest absolute Gasteiger partial charge is 0.407 e. The number of rotatable bonds is 4. The van der Waals surface area contributed by atoms with E-state index in [2.05, 4.69) is 17.2 Å². The Balaban J connectivity index is 2.77. The summed E-state index contributed by atoms with van der Waals surface area (Å²) in [6, 6.07) is 0. The lowest BCUT2D eigenvalue weighted by Gasteiger charge is -2.45. The number of piperazine rings is 1. The monoisotopic (exact) mass is 299 g/mol. The molecular weight excluding hydrogens is 274 g/mol. The van der Waals surface area contributed by atoms with Gasteiger partial charge in [-0.2, -0.15) is 0 Å². The van der Waals surface area contributed by atoms with Gasteiger partial charge in [0.1, 0.15) is 5.60 Å². The predicted octanol–water partition coefficient (Wildman–Crippen LogP) is 1.41. The zero-order chi connectivity index (χ0) is 16.1. The molecule has 21 heavy (non-hydrogen) atoms. The number of carboxylic acid groups (broad SMARTS) is 1. The Morgan fingerprint density at radius 1 is 1.52 bits per heavy atom. The first-order valence-corrected chi connectivity index (χ1v) is 6.99. The second-order valence-corrected chi connectivity index (χ2v) is 6.18. The van der Waals surface area contributed by atoms with Crippen molar-refractivity contribution in [1.82, 2.24) is 15.5 Å². The number of hydrogen-bond acceptors (Lipinski definition) is 4. The Labute approximate surface area is 125 Å². The maximum Gasteiger partial charge on any atom is 0.407 e. The number of carbonyl (C=O) groups is 2. The van der Waals surface area contributed by atoms with E-state index in [1.807, 2.05) is 0 Å². The van der Waals surface area contributed by atoms with Crippen molar-refractivity contribution >= 4 is 12.2 Å². The van der Waals surface area contributed by atoms with E-state index in [9.17, 15) is 14.7 Å². The highest BCUT2D eigenvalue weighted by Gasteiger charge is 2.41. The molecule has 1 aliphatic heterocycles. The van der Waals surface area contributed by atoms with Crippen molar-refractivity contribution in [3.63, 3.8) is 0 Å². The zero-order valence-electron chi connectivity index (χ0n) is 12.9. The zero-order valence-corrected chi connectivity index (χ0v) is 12.9. The molecule has 0 saturated carbocycles.